The third-order valence-electron chi connectivity index (χ3n) is 3.21. The van der Waals surface area contributed by atoms with Crippen LogP contribution >= 0.6 is 0 Å². The van der Waals surface area contributed by atoms with E-state index in [-0.39, 0.29) is 18.7 Å². The van der Waals surface area contributed by atoms with Gasteiger partial charge in [-0.25, -0.2) is 4.79 Å². The number of aliphatic hydroxyl groups excluding tert-OH is 1. The Balaban J connectivity index is 1.94. The summed E-state index contributed by atoms with van der Waals surface area (Å²) in [6.07, 6.45) is 2.39. The summed E-state index contributed by atoms with van der Waals surface area (Å²) in [5.41, 5.74) is 1.10. The number of ether oxygens (including phenoxy) is 1. The average molecular weight is 276 g/mol. The number of amides is 2. The molecule has 1 aromatic rings. The second-order valence-corrected chi connectivity index (χ2v) is 4.73. The number of benzene rings is 1. The summed E-state index contributed by atoms with van der Waals surface area (Å²) in [4.78, 5) is 13.6. The lowest BCUT2D eigenvalue weighted by molar-refractivity contribution is 0.171. The Labute approximate surface area is 118 Å². The molecule has 5 nitrogen and oxygen atoms in total. The van der Waals surface area contributed by atoms with Gasteiger partial charge in [0.05, 0.1) is 12.6 Å². The smallest absolute Gasteiger partial charge is 0.318 e. The van der Waals surface area contributed by atoms with Crippen LogP contribution < -0.4 is 10.1 Å². The van der Waals surface area contributed by atoms with Crippen LogP contribution in [0.4, 0.5) is 4.79 Å². The van der Waals surface area contributed by atoms with Crippen molar-refractivity contribution in [3.8, 4) is 5.75 Å². The molecule has 1 aliphatic rings. The highest BCUT2D eigenvalue weighted by Gasteiger charge is 2.22. The van der Waals surface area contributed by atoms with Gasteiger partial charge in [0.2, 0.25) is 0 Å². The van der Waals surface area contributed by atoms with Crippen molar-refractivity contribution in [2.24, 2.45) is 0 Å². The fraction of sp³-hybridized carbons (Fsp3) is 0.400. The summed E-state index contributed by atoms with van der Waals surface area (Å²) in [6.45, 7) is 4.72. The lowest BCUT2D eigenvalue weighted by atomic mass is 10.0. The lowest BCUT2D eigenvalue weighted by Crippen LogP contribution is -2.49. The van der Waals surface area contributed by atoms with E-state index in [0.717, 1.165) is 17.7 Å². The number of rotatable bonds is 5. The summed E-state index contributed by atoms with van der Waals surface area (Å²) in [5, 5.41) is 11.9. The zero-order valence-corrected chi connectivity index (χ0v) is 11.4. The summed E-state index contributed by atoms with van der Waals surface area (Å²) < 4.78 is 5.63. The Morgan fingerprint density at radius 1 is 1.55 bits per heavy atom. The highest BCUT2D eigenvalue weighted by Crippen LogP contribution is 2.23. The number of hydrogen-bond donors (Lipinski definition) is 2. The molecular weight excluding hydrogens is 256 g/mol. The van der Waals surface area contributed by atoms with Crippen LogP contribution in [0.1, 0.15) is 5.56 Å². The lowest BCUT2D eigenvalue weighted by Gasteiger charge is -2.29. The van der Waals surface area contributed by atoms with E-state index in [1.165, 1.54) is 4.90 Å². The molecule has 1 atom stereocenters. The molecule has 2 amide bonds. The van der Waals surface area contributed by atoms with E-state index in [1.807, 2.05) is 24.3 Å². The van der Waals surface area contributed by atoms with Gasteiger partial charge in [0.1, 0.15) is 12.4 Å². The topological polar surface area (TPSA) is 61.8 Å². The summed E-state index contributed by atoms with van der Waals surface area (Å²) >= 11 is 0. The van der Waals surface area contributed by atoms with Gasteiger partial charge in [-0.1, -0.05) is 24.3 Å². The van der Waals surface area contributed by atoms with E-state index in [9.17, 15) is 4.79 Å². The first kappa shape index (κ1) is 14.4. The number of carbonyl (C=O) groups is 1. The van der Waals surface area contributed by atoms with Crippen molar-refractivity contribution in [3.05, 3.63) is 42.5 Å². The molecule has 1 heterocycles. The first-order valence-electron chi connectivity index (χ1n) is 6.72. The number of nitrogens with one attached hydrogen (secondary N) is 1. The molecule has 20 heavy (non-hydrogen) atoms. The Hall–Kier alpha value is -2.01. The largest absolute Gasteiger partial charge is 0.491 e. The van der Waals surface area contributed by atoms with Crippen LogP contribution in [0.25, 0.3) is 0 Å². The van der Waals surface area contributed by atoms with Crippen molar-refractivity contribution in [2.45, 2.75) is 12.5 Å². The molecule has 0 aliphatic carbocycles. The second kappa shape index (κ2) is 6.96. The number of hydrogen-bond acceptors (Lipinski definition) is 3. The van der Waals surface area contributed by atoms with E-state index in [2.05, 4.69) is 11.9 Å². The van der Waals surface area contributed by atoms with Crippen LogP contribution in [0, 0.1) is 0 Å². The van der Waals surface area contributed by atoms with Crippen molar-refractivity contribution >= 4 is 6.03 Å². The second-order valence-electron chi connectivity index (χ2n) is 4.73. The van der Waals surface area contributed by atoms with Crippen LogP contribution in [0.15, 0.2) is 36.9 Å². The average Bonchev–Trinajstić information content (AvgIpc) is 2.47. The van der Waals surface area contributed by atoms with Crippen molar-refractivity contribution in [1.29, 1.82) is 0 Å². The molecule has 0 radical (unpaired) electrons. The number of nitrogens with zero attached hydrogens (tertiary/aromatic N) is 1. The van der Waals surface area contributed by atoms with Crippen molar-refractivity contribution < 1.29 is 14.6 Å². The van der Waals surface area contributed by atoms with E-state index < -0.39 is 0 Å². The van der Waals surface area contributed by atoms with Crippen LogP contribution in [0.5, 0.6) is 5.75 Å². The van der Waals surface area contributed by atoms with E-state index in [0.29, 0.717) is 19.7 Å². The molecule has 1 aromatic carbocycles. The predicted octanol–water partition coefficient (Wildman–Crippen LogP) is 1.18. The van der Waals surface area contributed by atoms with Crippen molar-refractivity contribution in [1.82, 2.24) is 10.2 Å². The predicted molar refractivity (Wildman–Crippen MR) is 76.8 cm³/mol. The number of fused-ring (bicyclic) bond motifs is 1. The fourth-order valence-electron chi connectivity index (χ4n) is 2.24. The third-order valence-corrected chi connectivity index (χ3v) is 3.21. The molecular formula is C15H20N2O3. The summed E-state index contributed by atoms with van der Waals surface area (Å²) in [7, 11) is 0. The maximum absolute atomic E-state index is 12.1. The van der Waals surface area contributed by atoms with Gasteiger partial charge in [-0.05, 0) is 18.1 Å². The van der Waals surface area contributed by atoms with Gasteiger partial charge < -0.3 is 20.1 Å². The van der Waals surface area contributed by atoms with E-state index >= 15 is 0 Å². The summed E-state index contributed by atoms with van der Waals surface area (Å²) in [6, 6.07) is 7.58. The van der Waals surface area contributed by atoms with Gasteiger partial charge in [-0.2, -0.15) is 0 Å². The maximum atomic E-state index is 12.1. The monoisotopic (exact) mass is 276 g/mol. The van der Waals surface area contributed by atoms with Gasteiger partial charge in [-0.3, -0.25) is 0 Å². The molecule has 2 rings (SSSR count). The first-order chi connectivity index (χ1) is 9.74. The number of carbonyl (C=O) groups excluding carboxylic acids is 1. The number of para-hydroxylation sites is 1. The molecule has 0 bridgehead atoms. The molecule has 2 N–H and O–H groups in total. The molecule has 1 unspecified atom stereocenters. The summed E-state index contributed by atoms with van der Waals surface area (Å²) in [5.74, 6) is 0.885. The van der Waals surface area contributed by atoms with Crippen LogP contribution in [-0.4, -0.2) is 48.4 Å². The third kappa shape index (κ3) is 3.51. The van der Waals surface area contributed by atoms with Gasteiger partial charge in [0, 0.05) is 13.1 Å². The standard InChI is InChI=1S/C15H20N2O3/c1-2-7-17(8-9-18)15(19)16-13-10-12-5-3-4-6-14(12)20-11-13/h2-6,13,18H,1,7-11H2,(H,16,19). The molecule has 0 spiro atoms. The molecule has 0 saturated heterocycles. The van der Waals surface area contributed by atoms with Gasteiger partial charge >= 0.3 is 6.03 Å². The first-order valence-corrected chi connectivity index (χ1v) is 6.72. The minimum atomic E-state index is -0.202. The minimum Gasteiger partial charge on any atom is -0.491 e. The van der Waals surface area contributed by atoms with Crippen molar-refractivity contribution in [3.63, 3.8) is 0 Å². The Bertz CT molecular complexity index is 476. The van der Waals surface area contributed by atoms with E-state index in [4.69, 9.17) is 9.84 Å². The van der Waals surface area contributed by atoms with Gasteiger partial charge in [0.25, 0.3) is 0 Å². The number of urea groups is 1. The molecule has 5 heteroatoms. The van der Waals surface area contributed by atoms with Crippen LogP contribution in [-0.2, 0) is 6.42 Å². The maximum Gasteiger partial charge on any atom is 0.318 e. The zero-order chi connectivity index (χ0) is 14.4. The highest BCUT2D eigenvalue weighted by molar-refractivity contribution is 5.74. The molecule has 0 fully saturated rings. The van der Waals surface area contributed by atoms with Crippen LogP contribution in [0.3, 0.4) is 0 Å². The quantitative estimate of drug-likeness (QED) is 0.794. The Morgan fingerprint density at radius 3 is 3.10 bits per heavy atom. The molecule has 0 saturated carbocycles. The number of aliphatic hydroxyl groups is 1. The van der Waals surface area contributed by atoms with E-state index in [1.54, 1.807) is 6.08 Å². The van der Waals surface area contributed by atoms with Crippen molar-refractivity contribution in [2.75, 3.05) is 26.3 Å². The highest BCUT2D eigenvalue weighted by atomic mass is 16.5. The normalized spacial score (nSPS) is 16.8. The molecule has 1 aliphatic heterocycles. The van der Waals surface area contributed by atoms with Crippen LogP contribution in [0.2, 0.25) is 0 Å². The fourth-order valence-corrected chi connectivity index (χ4v) is 2.24. The minimum absolute atomic E-state index is 0.0524. The molecule has 108 valence electrons. The SMILES string of the molecule is C=CCN(CCO)C(=O)NC1COc2ccccc2C1. The van der Waals surface area contributed by atoms with Gasteiger partial charge in [-0.15, -0.1) is 6.58 Å². The zero-order valence-electron chi connectivity index (χ0n) is 11.4. The van der Waals surface area contributed by atoms with Gasteiger partial charge in [0.15, 0.2) is 0 Å². The Kier molecular flexibility index (Phi) is 5.01. The molecule has 0 aromatic heterocycles. The Morgan fingerprint density at radius 2 is 2.35 bits per heavy atom.